The molecule has 2 heterocycles. The summed E-state index contributed by atoms with van der Waals surface area (Å²) in [6, 6.07) is 0. The normalized spacial score (nSPS) is 23.2. The van der Waals surface area contributed by atoms with E-state index in [1.54, 1.807) is 9.80 Å². The van der Waals surface area contributed by atoms with Crippen LogP contribution >= 0.6 is 0 Å². The smallest absolute Gasteiger partial charge is 0.310 e. The van der Waals surface area contributed by atoms with Crippen LogP contribution in [0.4, 0.5) is 0 Å². The zero-order chi connectivity index (χ0) is 27.1. The monoisotopic (exact) mass is 534 g/mol. The molecule has 2 saturated heterocycles. The summed E-state index contributed by atoms with van der Waals surface area (Å²) in [7, 11) is 0. The Morgan fingerprint density at radius 2 is 0.868 bits per heavy atom. The molecule has 0 aromatic rings. The maximum atomic E-state index is 12.5. The highest BCUT2D eigenvalue weighted by Gasteiger charge is 2.35. The van der Waals surface area contributed by atoms with E-state index in [0.717, 1.165) is 74.0 Å². The first-order valence-electron chi connectivity index (χ1n) is 13.8. The van der Waals surface area contributed by atoms with E-state index in [-0.39, 0.29) is 63.4 Å². The maximum Gasteiger partial charge on any atom is 0.310 e. The number of hydrogen-bond acceptors (Lipinski definition) is 10. The molecule has 4 rings (SSSR count). The van der Waals surface area contributed by atoms with Crippen LogP contribution in [0.25, 0.3) is 0 Å². The quantitative estimate of drug-likeness (QED) is 0.304. The van der Waals surface area contributed by atoms with Gasteiger partial charge in [0, 0.05) is 13.1 Å². The molecule has 2 saturated carbocycles. The fraction of sp³-hybridized carbons (Fsp3) is 0.769. The van der Waals surface area contributed by atoms with E-state index in [2.05, 4.69) is 0 Å². The number of rotatable bonds is 9. The molecule has 0 radical (unpaired) electrons. The van der Waals surface area contributed by atoms with E-state index < -0.39 is 23.6 Å². The van der Waals surface area contributed by atoms with Gasteiger partial charge in [-0.15, -0.1) is 0 Å². The van der Waals surface area contributed by atoms with Crippen LogP contribution in [0.2, 0.25) is 0 Å². The van der Waals surface area contributed by atoms with E-state index in [1.807, 2.05) is 0 Å². The van der Waals surface area contributed by atoms with Crippen molar-refractivity contribution in [2.45, 2.75) is 64.2 Å². The Balaban J connectivity index is 1.16. The molecular formula is C26H38N4O8. The summed E-state index contributed by atoms with van der Waals surface area (Å²) in [6.45, 7) is -0.197. The van der Waals surface area contributed by atoms with Gasteiger partial charge in [-0.05, 0) is 25.7 Å². The Bertz CT molecular complexity index is 818. The van der Waals surface area contributed by atoms with Crippen molar-refractivity contribution in [3.8, 4) is 0 Å². The summed E-state index contributed by atoms with van der Waals surface area (Å²) in [4.78, 5) is 79.9. The number of ether oxygens (including phenoxy) is 2. The second kappa shape index (κ2) is 13.3. The molecule has 0 N–H and O–H groups in total. The lowest BCUT2D eigenvalue weighted by molar-refractivity contribution is -0.169. The second-order valence-corrected chi connectivity index (χ2v) is 10.7. The number of nitrogens with zero attached hydrogens (tertiary/aromatic N) is 4. The number of carbonyl (C=O) groups excluding carboxylic acids is 6. The van der Waals surface area contributed by atoms with Crippen molar-refractivity contribution < 1.29 is 38.2 Å². The van der Waals surface area contributed by atoms with Gasteiger partial charge >= 0.3 is 11.9 Å². The Labute approximate surface area is 222 Å². The Kier molecular flexibility index (Phi) is 9.84. The lowest BCUT2D eigenvalue weighted by atomic mass is 9.89. The van der Waals surface area contributed by atoms with Gasteiger partial charge in [0.15, 0.2) is 13.5 Å². The Morgan fingerprint density at radius 1 is 0.553 bits per heavy atom. The zero-order valence-electron chi connectivity index (χ0n) is 21.9. The Morgan fingerprint density at radius 3 is 1.18 bits per heavy atom. The van der Waals surface area contributed by atoms with Crippen LogP contribution in [-0.4, -0.2) is 108 Å². The van der Waals surface area contributed by atoms with Gasteiger partial charge in [-0.2, -0.15) is 0 Å². The molecule has 210 valence electrons. The van der Waals surface area contributed by atoms with Crippen LogP contribution in [0, 0.1) is 11.8 Å². The molecule has 4 aliphatic rings. The molecule has 0 spiro atoms. The molecule has 38 heavy (non-hydrogen) atoms. The van der Waals surface area contributed by atoms with Gasteiger partial charge in [-0.3, -0.25) is 38.6 Å². The molecule has 0 aromatic carbocycles. The molecule has 0 bridgehead atoms. The van der Waals surface area contributed by atoms with Crippen molar-refractivity contribution in [2.24, 2.45) is 11.8 Å². The molecular weight excluding hydrogens is 496 g/mol. The minimum atomic E-state index is -0.450. The van der Waals surface area contributed by atoms with E-state index in [1.165, 1.54) is 0 Å². The molecule has 12 heteroatoms. The third kappa shape index (κ3) is 7.37. The lowest BCUT2D eigenvalue weighted by Gasteiger charge is -2.35. The maximum absolute atomic E-state index is 12.5. The summed E-state index contributed by atoms with van der Waals surface area (Å²) in [5, 5.41) is 0. The number of hydrogen-bond donors (Lipinski definition) is 0. The second-order valence-electron chi connectivity index (χ2n) is 10.7. The first-order valence-corrected chi connectivity index (χ1v) is 13.8. The highest BCUT2D eigenvalue weighted by Crippen LogP contribution is 2.25. The average molecular weight is 535 g/mol. The van der Waals surface area contributed by atoms with Crippen molar-refractivity contribution >= 4 is 35.6 Å². The number of piperazine rings is 2. The molecule has 0 aromatic heterocycles. The molecule has 2 aliphatic carbocycles. The van der Waals surface area contributed by atoms with Gasteiger partial charge in [0.1, 0.15) is 0 Å². The summed E-state index contributed by atoms with van der Waals surface area (Å²) in [6.07, 6.45) is 9.25. The van der Waals surface area contributed by atoms with E-state index in [0.29, 0.717) is 13.1 Å². The van der Waals surface area contributed by atoms with Crippen LogP contribution in [0.1, 0.15) is 64.2 Å². The standard InChI is InChI=1S/C26H38N4O8/c31-21-13-27(14-22(32)29(21)17-37-25(35)19-7-3-1-4-8-19)11-12-28-15-23(33)30(24(34)16-28)18-38-26(36)20-9-5-2-6-10-20/h19-20H,1-18H2. The number of carbonyl (C=O) groups is 6. The third-order valence-corrected chi connectivity index (χ3v) is 7.92. The fourth-order valence-electron chi connectivity index (χ4n) is 5.55. The minimum absolute atomic E-state index is 0.0221. The minimum Gasteiger partial charge on any atom is -0.443 e. The van der Waals surface area contributed by atoms with Crippen LogP contribution < -0.4 is 0 Å². The van der Waals surface area contributed by atoms with Crippen LogP contribution in [0.15, 0.2) is 0 Å². The number of amides is 4. The van der Waals surface area contributed by atoms with Crippen LogP contribution in [-0.2, 0) is 38.2 Å². The largest absolute Gasteiger partial charge is 0.443 e. The van der Waals surface area contributed by atoms with Gasteiger partial charge in [0.05, 0.1) is 38.0 Å². The van der Waals surface area contributed by atoms with Gasteiger partial charge in [0.2, 0.25) is 23.6 Å². The van der Waals surface area contributed by atoms with Gasteiger partial charge in [0.25, 0.3) is 0 Å². The summed E-state index contributed by atoms with van der Waals surface area (Å²) >= 11 is 0. The highest BCUT2D eigenvalue weighted by molar-refractivity contribution is 6.00. The topological polar surface area (TPSA) is 134 Å². The summed E-state index contributed by atoms with van der Waals surface area (Å²) in [5.74, 6) is -2.84. The van der Waals surface area contributed by atoms with Gasteiger partial charge in [-0.1, -0.05) is 38.5 Å². The van der Waals surface area contributed by atoms with Crippen molar-refractivity contribution in [1.29, 1.82) is 0 Å². The molecule has 12 nitrogen and oxygen atoms in total. The van der Waals surface area contributed by atoms with Crippen molar-refractivity contribution in [3.05, 3.63) is 0 Å². The molecule has 0 unspecified atom stereocenters. The van der Waals surface area contributed by atoms with Crippen molar-refractivity contribution in [2.75, 3.05) is 52.7 Å². The third-order valence-electron chi connectivity index (χ3n) is 7.92. The SMILES string of the molecule is O=C(OCN1C(=O)CN(CCN2CC(=O)N(COC(=O)C3CCCCC3)C(=O)C2)CC1=O)C1CCCCC1. The molecule has 2 aliphatic heterocycles. The summed E-state index contributed by atoms with van der Waals surface area (Å²) in [5.41, 5.74) is 0. The number of imide groups is 2. The lowest BCUT2D eigenvalue weighted by Crippen LogP contribution is -2.58. The molecule has 4 fully saturated rings. The van der Waals surface area contributed by atoms with Crippen LogP contribution in [0.5, 0.6) is 0 Å². The first-order chi connectivity index (χ1) is 18.3. The average Bonchev–Trinajstić information content (AvgIpc) is 2.91. The fourth-order valence-corrected chi connectivity index (χ4v) is 5.55. The van der Waals surface area contributed by atoms with Gasteiger partial charge in [-0.25, -0.2) is 9.80 Å². The predicted octanol–water partition coefficient (Wildman–Crippen LogP) is 0.490. The first kappa shape index (κ1) is 28.2. The summed E-state index contributed by atoms with van der Waals surface area (Å²) < 4.78 is 10.5. The van der Waals surface area contributed by atoms with Crippen LogP contribution in [0.3, 0.4) is 0 Å². The number of esters is 2. The van der Waals surface area contributed by atoms with E-state index >= 15 is 0 Å². The van der Waals surface area contributed by atoms with Crippen molar-refractivity contribution in [3.63, 3.8) is 0 Å². The molecule has 0 atom stereocenters. The highest BCUT2D eigenvalue weighted by atomic mass is 16.6. The predicted molar refractivity (Wildman–Crippen MR) is 132 cm³/mol. The van der Waals surface area contributed by atoms with Gasteiger partial charge < -0.3 is 9.47 Å². The van der Waals surface area contributed by atoms with E-state index in [9.17, 15) is 28.8 Å². The molecule has 4 amide bonds. The zero-order valence-corrected chi connectivity index (χ0v) is 21.9. The Hall–Kier alpha value is -2.86. The van der Waals surface area contributed by atoms with Crippen molar-refractivity contribution in [1.82, 2.24) is 19.6 Å². The van der Waals surface area contributed by atoms with E-state index in [4.69, 9.17) is 9.47 Å².